The number of anilines is 1. The fraction of sp³-hybridized carbons (Fsp3) is 0.211. The van der Waals surface area contributed by atoms with Crippen LogP contribution in [0, 0.1) is 17.8 Å². The molecule has 2 unspecified atom stereocenters. The van der Waals surface area contributed by atoms with Crippen molar-refractivity contribution < 1.29 is 9.63 Å². The summed E-state index contributed by atoms with van der Waals surface area (Å²) >= 11 is 5.97. The van der Waals surface area contributed by atoms with Gasteiger partial charge in [-0.25, -0.2) is 4.79 Å². The molecule has 2 aromatic rings. The lowest BCUT2D eigenvalue weighted by atomic mass is 10.0. The molecule has 2 aliphatic heterocycles. The fourth-order valence-corrected chi connectivity index (χ4v) is 3.20. The van der Waals surface area contributed by atoms with Crippen LogP contribution in [0.4, 0.5) is 10.5 Å². The van der Waals surface area contributed by atoms with Crippen LogP contribution in [-0.4, -0.2) is 34.4 Å². The van der Waals surface area contributed by atoms with Crippen LogP contribution in [-0.2, 0) is 4.84 Å². The molecule has 0 spiro atoms. The quantitative estimate of drug-likeness (QED) is 0.787. The lowest BCUT2D eigenvalue weighted by molar-refractivity contribution is -0.00344. The molecular formula is C19H15ClN4O2. The highest BCUT2D eigenvalue weighted by molar-refractivity contribution is 6.30. The van der Waals surface area contributed by atoms with Gasteiger partial charge in [0.1, 0.15) is 5.71 Å². The summed E-state index contributed by atoms with van der Waals surface area (Å²) in [5.41, 5.74) is 2.11. The summed E-state index contributed by atoms with van der Waals surface area (Å²) in [4.78, 5) is 23.6. The maximum Gasteiger partial charge on any atom is 0.324 e. The first-order chi connectivity index (χ1) is 12.7. The standard InChI is InChI=1S/C19H15ClN4O2/c20-14-4-1-3-13(11-14)6-7-17-16-8-10-24(18(16)26-23-17)19(25)22-15-5-2-9-21-12-15/h1-5,9,11-12,16,18H,8,10H2,(H,22,25). The minimum atomic E-state index is -0.421. The molecule has 1 aromatic heterocycles. The number of nitrogens with one attached hydrogen (secondary N) is 1. The number of benzene rings is 1. The fourth-order valence-electron chi connectivity index (χ4n) is 3.01. The predicted molar refractivity (Wildman–Crippen MR) is 98.7 cm³/mol. The average molecular weight is 367 g/mol. The molecule has 1 saturated heterocycles. The zero-order chi connectivity index (χ0) is 17.9. The molecule has 4 rings (SSSR count). The first kappa shape index (κ1) is 16.4. The number of urea groups is 1. The van der Waals surface area contributed by atoms with E-state index in [0.29, 0.717) is 23.0 Å². The Kier molecular flexibility index (Phi) is 4.46. The largest absolute Gasteiger partial charge is 0.369 e. The number of pyridine rings is 1. The molecule has 0 saturated carbocycles. The Hall–Kier alpha value is -3.04. The molecule has 1 N–H and O–H groups in total. The van der Waals surface area contributed by atoms with E-state index < -0.39 is 6.23 Å². The number of fused-ring (bicyclic) bond motifs is 1. The van der Waals surface area contributed by atoms with E-state index in [1.807, 2.05) is 12.1 Å². The van der Waals surface area contributed by atoms with E-state index >= 15 is 0 Å². The summed E-state index contributed by atoms with van der Waals surface area (Å²) in [7, 11) is 0. The third-order valence-corrected chi connectivity index (χ3v) is 4.51. The van der Waals surface area contributed by atoms with Crippen molar-refractivity contribution in [2.75, 3.05) is 11.9 Å². The van der Waals surface area contributed by atoms with Crippen molar-refractivity contribution in [3.8, 4) is 11.8 Å². The van der Waals surface area contributed by atoms with Gasteiger partial charge >= 0.3 is 6.03 Å². The monoisotopic (exact) mass is 366 g/mol. The lowest BCUT2D eigenvalue weighted by Gasteiger charge is -2.21. The van der Waals surface area contributed by atoms with Gasteiger partial charge in [-0.3, -0.25) is 9.88 Å². The number of hydrogen-bond donors (Lipinski definition) is 1. The van der Waals surface area contributed by atoms with Gasteiger partial charge in [0, 0.05) is 23.3 Å². The molecule has 2 aliphatic rings. The molecule has 1 aromatic carbocycles. The molecule has 26 heavy (non-hydrogen) atoms. The Morgan fingerprint density at radius 3 is 3.04 bits per heavy atom. The van der Waals surface area contributed by atoms with Crippen LogP contribution in [0.15, 0.2) is 53.9 Å². The van der Waals surface area contributed by atoms with E-state index in [4.69, 9.17) is 16.4 Å². The Morgan fingerprint density at radius 2 is 2.23 bits per heavy atom. The molecule has 2 amide bonds. The minimum Gasteiger partial charge on any atom is -0.369 e. The molecule has 3 heterocycles. The van der Waals surface area contributed by atoms with Gasteiger partial charge in [-0.2, -0.15) is 0 Å². The maximum atomic E-state index is 12.5. The summed E-state index contributed by atoms with van der Waals surface area (Å²) in [6, 6.07) is 10.6. The van der Waals surface area contributed by atoms with Crippen LogP contribution in [0.25, 0.3) is 0 Å². The van der Waals surface area contributed by atoms with E-state index in [0.717, 1.165) is 12.0 Å². The summed E-state index contributed by atoms with van der Waals surface area (Å²) in [6.07, 6.45) is 3.59. The number of hydrogen-bond acceptors (Lipinski definition) is 4. The van der Waals surface area contributed by atoms with E-state index in [2.05, 4.69) is 27.3 Å². The number of aromatic nitrogens is 1. The Bertz CT molecular complexity index is 920. The van der Waals surface area contributed by atoms with E-state index in [9.17, 15) is 4.79 Å². The van der Waals surface area contributed by atoms with Gasteiger partial charge in [0.25, 0.3) is 0 Å². The van der Waals surface area contributed by atoms with Crippen molar-refractivity contribution in [2.24, 2.45) is 11.1 Å². The number of halogens is 1. The molecule has 0 bridgehead atoms. The second-order valence-corrected chi connectivity index (χ2v) is 6.43. The SMILES string of the molecule is O=C(Nc1cccnc1)N1CCC2C(C#Cc3cccc(Cl)c3)=NOC21. The lowest BCUT2D eigenvalue weighted by Crippen LogP contribution is -2.40. The van der Waals surface area contributed by atoms with Gasteiger partial charge in [-0.05, 0) is 42.7 Å². The average Bonchev–Trinajstić information content (AvgIpc) is 3.23. The zero-order valence-electron chi connectivity index (χ0n) is 13.7. The van der Waals surface area contributed by atoms with E-state index in [1.54, 1.807) is 41.6 Å². The molecule has 0 aliphatic carbocycles. The van der Waals surface area contributed by atoms with Gasteiger partial charge in [0.05, 0.1) is 17.8 Å². The highest BCUT2D eigenvalue weighted by Crippen LogP contribution is 2.32. The first-order valence-corrected chi connectivity index (χ1v) is 8.57. The van der Waals surface area contributed by atoms with Crippen LogP contribution in [0.2, 0.25) is 5.02 Å². The highest BCUT2D eigenvalue weighted by Gasteiger charge is 2.45. The van der Waals surface area contributed by atoms with Crippen LogP contribution >= 0.6 is 11.6 Å². The first-order valence-electron chi connectivity index (χ1n) is 8.20. The second-order valence-electron chi connectivity index (χ2n) is 5.99. The van der Waals surface area contributed by atoms with Gasteiger partial charge in [-0.1, -0.05) is 28.7 Å². The Balaban J connectivity index is 1.43. The van der Waals surface area contributed by atoms with Gasteiger partial charge < -0.3 is 10.2 Å². The summed E-state index contributed by atoms with van der Waals surface area (Å²) in [5.74, 6) is 6.09. The van der Waals surface area contributed by atoms with Crippen molar-refractivity contribution in [2.45, 2.75) is 12.6 Å². The number of oxime groups is 1. The smallest absolute Gasteiger partial charge is 0.324 e. The highest BCUT2D eigenvalue weighted by atomic mass is 35.5. The number of nitrogens with zero attached hydrogens (tertiary/aromatic N) is 3. The number of rotatable bonds is 1. The molecular weight excluding hydrogens is 352 g/mol. The number of carbonyl (C=O) groups is 1. The maximum absolute atomic E-state index is 12.5. The summed E-state index contributed by atoms with van der Waals surface area (Å²) < 4.78 is 0. The van der Waals surface area contributed by atoms with Crippen molar-refractivity contribution in [1.29, 1.82) is 0 Å². The molecule has 1 fully saturated rings. The molecule has 0 radical (unpaired) electrons. The van der Waals surface area contributed by atoms with Crippen LogP contribution in [0.1, 0.15) is 12.0 Å². The van der Waals surface area contributed by atoms with Gasteiger partial charge in [0.15, 0.2) is 0 Å². The topological polar surface area (TPSA) is 66.8 Å². The van der Waals surface area contributed by atoms with Crippen LogP contribution in [0.3, 0.4) is 0 Å². The number of amides is 2. The van der Waals surface area contributed by atoms with Gasteiger partial charge in [0.2, 0.25) is 6.23 Å². The van der Waals surface area contributed by atoms with Crippen LogP contribution < -0.4 is 5.32 Å². The molecule has 7 heteroatoms. The van der Waals surface area contributed by atoms with Crippen molar-refractivity contribution in [1.82, 2.24) is 9.88 Å². The van der Waals surface area contributed by atoms with E-state index in [-0.39, 0.29) is 11.9 Å². The molecule has 130 valence electrons. The molecule has 6 nitrogen and oxygen atoms in total. The normalized spacial score (nSPS) is 20.5. The van der Waals surface area contributed by atoms with Gasteiger partial charge in [-0.15, -0.1) is 0 Å². The third kappa shape index (κ3) is 3.35. The third-order valence-electron chi connectivity index (χ3n) is 4.28. The minimum absolute atomic E-state index is 0.0127. The summed E-state index contributed by atoms with van der Waals surface area (Å²) in [6.45, 7) is 0.583. The summed E-state index contributed by atoms with van der Waals surface area (Å²) in [5, 5.41) is 7.53. The van der Waals surface area contributed by atoms with Crippen molar-refractivity contribution in [3.63, 3.8) is 0 Å². The predicted octanol–water partition coefficient (Wildman–Crippen LogP) is 3.35. The number of likely N-dealkylation sites (tertiary alicyclic amines) is 1. The second kappa shape index (κ2) is 7.06. The molecule has 2 atom stereocenters. The Morgan fingerprint density at radius 1 is 1.31 bits per heavy atom. The zero-order valence-corrected chi connectivity index (χ0v) is 14.5. The van der Waals surface area contributed by atoms with Crippen molar-refractivity contribution >= 4 is 29.0 Å². The van der Waals surface area contributed by atoms with E-state index in [1.165, 1.54) is 0 Å². The van der Waals surface area contributed by atoms with Crippen molar-refractivity contribution in [3.05, 3.63) is 59.4 Å². The van der Waals surface area contributed by atoms with Crippen LogP contribution in [0.5, 0.6) is 0 Å². The Labute approximate surface area is 155 Å². The number of carbonyl (C=O) groups excluding carboxylic acids is 1.